The summed E-state index contributed by atoms with van der Waals surface area (Å²) in [7, 11) is 0. The molecule has 0 amide bonds. The number of benzene rings is 2. The molecule has 0 aliphatic carbocycles. The molecule has 2 N–H and O–H groups in total. The van der Waals surface area contributed by atoms with Crippen LogP contribution in [-0.2, 0) is 0 Å². The van der Waals surface area contributed by atoms with E-state index >= 15 is 0 Å². The molecule has 0 aliphatic heterocycles. The van der Waals surface area contributed by atoms with Crippen LogP contribution in [0.25, 0.3) is 10.9 Å². The fourth-order valence-corrected chi connectivity index (χ4v) is 2.77. The summed E-state index contributed by atoms with van der Waals surface area (Å²) in [6.07, 6.45) is 1.86. The van der Waals surface area contributed by atoms with E-state index in [-0.39, 0.29) is 0 Å². The van der Waals surface area contributed by atoms with Crippen LogP contribution >= 0.6 is 0 Å². The van der Waals surface area contributed by atoms with E-state index in [4.69, 9.17) is 0 Å². The van der Waals surface area contributed by atoms with E-state index < -0.39 is 0 Å². The first kappa shape index (κ1) is 13.7. The summed E-state index contributed by atoms with van der Waals surface area (Å²) in [5.74, 6) is 1.07. The molecule has 0 saturated carbocycles. The zero-order valence-electron chi connectivity index (χ0n) is 12.5. The van der Waals surface area contributed by atoms with Gasteiger partial charge in [-0.15, -0.1) is 0 Å². The van der Waals surface area contributed by atoms with Gasteiger partial charge in [0.2, 0.25) is 0 Å². The number of H-pyrrole nitrogens is 1. The van der Waals surface area contributed by atoms with Gasteiger partial charge in [-0.1, -0.05) is 56.3 Å². The Bertz CT molecular complexity index is 701. The smallest absolute Gasteiger partial charge is 0.0881 e. The van der Waals surface area contributed by atoms with Crippen molar-refractivity contribution in [2.75, 3.05) is 11.9 Å². The number of nitrogens with one attached hydrogen (secondary N) is 2. The molecule has 21 heavy (non-hydrogen) atoms. The average Bonchev–Trinajstić information content (AvgIpc) is 2.97. The van der Waals surface area contributed by atoms with Gasteiger partial charge < -0.3 is 5.32 Å². The third kappa shape index (κ3) is 2.92. The van der Waals surface area contributed by atoms with Crippen molar-refractivity contribution in [3.8, 4) is 0 Å². The van der Waals surface area contributed by atoms with Crippen molar-refractivity contribution < 1.29 is 0 Å². The monoisotopic (exact) mass is 279 g/mol. The zero-order valence-corrected chi connectivity index (χ0v) is 12.5. The fourth-order valence-electron chi connectivity index (χ4n) is 2.77. The van der Waals surface area contributed by atoms with E-state index in [0.717, 1.165) is 23.1 Å². The van der Waals surface area contributed by atoms with Crippen LogP contribution in [0.4, 0.5) is 5.69 Å². The molecule has 0 spiro atoms. The molecule has 0 radical (unpaired) electrons. The number of hydrogen-bond donors (Lipinski definition) is 2. The van der Waals surface area contributed by atoms with Gasteiger partial charge in [-0.05, 0) is 17.5 Å². The average molecular weight is 279 g/mol. The summed E-state index contributed by atoms with van der Waals surface area (Å²) in [5, 5.41) is 11.9. The molecule has 1 heterocycles. The van der Waals surface area contributed by atoms with Gasteiger partial charge in [0.15, 0.2) is 0 Å². The fraction of sp³-hybridized carbons (Fsp3) is 0.278. The second-order valence-electron chi connectivity index (χ2n) is 5.78. The van der Waals surface area contributed by atoms with Crippen LogP contribution in [0.15, 0.2) is 54.7 Å². The van der Waals surface area contributed by atoms with Crippen LogP contribution in [0.1, 0.15) is 25.3 Å². The SMILES string of the molecule is CC(C)C(CNc1cccc2cn[nH]c12)c1ccccc1. The maximum Gasteiger partial charge on any atom is 0.0881 e. The predicted molar refractivity (Wildman–Crippen MR) is 88.6 cm³/mol. The van der Waals surface area contributed by atoms with Crippen molar-refractivity contribution in [3.05, 3.63) is 60.3 Å². The highest BCUT2D eigenvalue weighted by Gasteiger charge is 2.15. The number of hydrogen-bond acceptors (Lipinski definition) is 2. The highest BCUT2D eigenvalue weighted by Crippen LogP contribution is 2.26. The Morgan fingerprint density at radius 2 is 1.86 bits per heavy atom. The van der Waals surface area contributed by atoms with Crippen LogP contribution in [-0.4, -0.2) is 16.7 Å². The molecule has 0 bridgehead atoms. The van der Waals surface area contributed by atoms with E-state index in [1.807, 2.05) is 6.20 Å². The molecule has 3 heteroatoms. The number of anilines is 1. The summed E-state index contributed by atoms with van der Waals surface area (Å²) in [6.45, 7) is 5.46. The maximum atomic E-state index is 4.12. The standard InChI is InChI=1S/C18H21N3/c1-13(2)16(14-7-4-3-5-8-14)12-19-17-10-6-9-15-11-20-21-18(15)17/h3-11,13,16,19H,12H2,1-2H3,(H,20,21). The predicted octanol–water partition coefficient (Wildman–Crippen LogP) is 4.41. The van der Waals surface area contributed by atoms with Gasteiger partial charge in [0.1, 0.15) is 0 Å². The van der Waals surface area contributed by atoms with Crippen molar-refractivity contribution in [1.29, 1.82) is 0 Å². The lowest BCUT2D eigenvalue weighted by Gasteiger charge is -2.22. The van der Waals surface area contributed by atoms with E-state index in [9.17, 15) is 0 Å². The Kier molecular flexibility index (Phi) is 3.91. The largest absolute Gasteiger partial charge is 0.383 e. The molecule has 1 atom stereocenters. The minimum atomic E-state index is 0.490. The topological polar surface area (TPSA) is 40.7 Å². The van der Waals surface area contributed by atoms with E-state index in [1.165, 1.54) is 5.56 Å². The third-order valence-corrected chi connectivity index (χ3v) is 4.02. The molecule has 3 aromatic rings. The summed E-state index contributed by atoms with van der Waals surface area (Å²) in [5.41, 5.74) is 3.58. The quantitative estimate of drug-likeness (QED) is 0.726. The highest BCUT2D eigenvalue weighted by molar-refractivity contribution is 5.89. The lowest BCUT2D eigenvalue weighted by molar-refractivity contribution is 0.517. The number of nitrogens with zero attached hydrogens (tertiary/aromatic N) is 1. The molecule has 0 fully saturated rings. The normalized spacial score (nSPS) is 12.7. The Hall–Kier alpha value is -2.29. The molecule has 0 saturated heterocycles. The molecular weight excluding hydrogens is 258 g/mol. The van der Waals surface area contributed by atoms with Crippen LogP contribution in [0, 0.1) is 5.92 Å². The van der Waals surface area contributed by atoms with Crippen molar-refractivity contribution in [1.82, 2.24) is 10.2 Å². The van der Waals surface area contributed by atoms with Gasteiger partial charge in [0.05, 0.1) is 17.4 Å². The first-order chi connectivity index (χ1) is 10.3. The van der Waals surface area contributed by atoms with Crippen LogP contribution in [0.5, 0.6) is 0 Å². The Labute approximate surface area is 125 Å². The van der Waals surface area contributed by atoms with Gasteiger partial charge in [-0.2, -0.15) is 5.10 Å². The van der Waals surface area contributed by atoms with Crippen LogP contribution in [0.3, 0.4) is 0 Å². The van der Waals surface area contributed by atoms with E-state index in [0.29, 0.717) is 11.8 Å². The molecule has 0 aliphatic rings. The lowest BCUT2D eigenvalue weighted by atomic mass is 9.88. The number of para-hydroxylation sites is 1. The third-order valence-electron chi connectivity index (χ3n) is 4.02. The van der Waals surface area contributed by atoms with Crippen molar-refractivity contribution in [2.45, 2.75) is 19.8 Å². The summed E-state index contributed by atoms with van der Waals surface area (Å²) >= 11 is 0. The molecular formula is C18H21N3. The highest BCUT2D eigenvalue weighted by atomic mass is 15.1. The Morgan fingerprint density at radius 1 is 1.05 bits per heavy atom. The van der Waals surface area contributed by atoms with Crippen LogP contribution < -0.4 is 5.32 Å². The number of aromatic amines is 1. The second kappa shape index (κ2) is 6.00. The van der Waals surface area contributed by atoms with E-state index in [2.05, 4.69) is 77.9 Å². The van der Waals surface area contributed by atoms with Crippen molar-refractivity contribution in [2.24, 2.45) is 5.92 Å². The Morgan fingerprint density at radius 3 is 2.62 bits per heavy atom. The molecule has 1 unspecified atom stereocenters. The molecule has 3 rings (SSSR count). The lowest BCUT2D eigenvalue weighted by Crippen LogP contribution is -2.17. The molecule has 2 aromatic carbocycles. The zero-order chi connectivity index (χ0) is 14.7. The number of rotatable bonds is 5. The molecule has 1 aromatic heterocycles. The molecule has 3 nitrogen and oxygen atoms in total. The minimum Gasteiger partial charge on any atom is -0.383 e. The van der Waals surface area contributed by atoms with Gasteiger partial charge in [-0.3, -0.25) is 5.10 Å². The van der Waals surface area contributed by atoms with E-state index in [1.54, 1.807) is 0 Å². The second-order valence-corrected chi connectivity index (χ2v) is 5.78. The Balaban J connectivity index is 1.80. The van der Waals surface area contributed by atoms with Gasteiger partial charge in [0, 0.05) is 17.8 Å². The summed E-state index contributed by atoms with van der Waals surface area (Å²) < 4.78 is 0. The number of fused-ring (bicyclic) bond motifs is 1. The molecule has 108 valence electrons. The summed E-state index contributed by atoms with van der Waals surface area (Å²) in [4.78, 5) is 0. The maximum absolute atomic E-state index is 4.12. The van der Waals surface area contributed by atoms with Gasteiger partial charge >= 0.3 is 0 Å². The summed E-state index contributed by atoms with van der Waals surface area (Å²) in [6, 6.07) is 16.9. The van der Waals surface area contributed by atoms with Crippen molar-refractivity contribution in [3.63, 3.8) is 0 Å². The first-order valence-corrected chi connectivity index (χ1v) is 7.46. The number of aromatic nitrogens is 2. The van der Waals surface area contributed by atoms with Crippen molar-refractivity contribution >= 4 is 16.6 Å². The van der Waals surface area contributed by atoms with Crippen LogP contribution in [0.2, 0.25) is 0 Å². The van der Waals surface area contributed by atoms with Gasteiger partial charge in [0.25, 0.3) is 0 Å². The first-order valence-electron chi connectivity index (χ1n) is 7.46. The van der Waals surface area contributed by atoms with Gasteiger partial charge in [-0.25, -0.2) is 0 Å². The minimum absolute atomic E-state index is 0.490.